The van der Waals surface area contributed by atoms with Gasteiger partial charge in [-0.2, -0.15) is 0 Å². The van der Waals surface area contributed by atoms with Crippen LogP contribution in [0.25, 0.3) is 0 Å². The molecule has 98 valence electrons. The number of thiocarbonyl (C=S) groups is 1. The van der Waals surface area contributed by atoms with Crippen LogP contribution < -0.4 is 0 Å². The van der Waals surface area contributed by atoms with E-state index in [9.17, 15) is 5.11 Å². The van der Waals surface area contributed by atoms with Crippen LogP contribution in [-0.4, -0.2) is 16.1 Å². The van der Waals surface area contributed by atoms with Gasteiger partial charge in [0.15, 0.2) is 0 Å². The van der Waals surface area contributed by atoms with Gasteiger partial charge in [0.05, 0.1) is 6.10 Å². The molecule has 0 amide bonds. The van der Waals surface area contributed by atoms with E-state index in [1.807, 2.05) is 48.5 Å². The van der Waals surface area contributed by atoms with Crippen LogP contribution >= 0.6 is 12.2 Å². The SMILES string of the molecule is OC(CC(=S)Cc1ccccc1)Cc1ccccc1. The van der Waals surface area contributed by atoms with Crippen molar-refractivity contribution in [2.75, 3.05) is 0 Å². The third kappa shape index (κ3) is 4.93. The van der Waals surface area contributed by atoms with Crippen LogP contribution in [0.3, 0.4) is 0 Å². The van der Waals surface area contributed by atoms with E-state index >= 15 is 0 Å². The molecule has 0 aliphatic carbocycles. The molecule has 2 aromatic rings. The summed E-state index contributed by atoms with van der Waals surface area (Å²) in [5.74, 6) is 0. The van der Waals surface area contributed by atoms with Crippen LogP contribution in [-0.2, 0) is 12.8 Å². The molecule has 1 atom stereocenters. The molecule has 0 saturated carbocycles. The molecule has 19 heavy (non-hydrogen) atoms. The van der Waals surface area contributed by atoms with Crippen molar-refractivity contribution in [3.63, 3.8) is 0 Å². The minimum atomic E-state index is -0.390. The van der Waals surface area contributed by atoms with Crippen molar-refractivity contribution in [2.24, 2.45) is 0 Å². The van der Waals surface area contributed by atoms with Crippen LogP contribution in [0.1, 0.15) is 17.5 Å². The summed E-state index contributed by atoms with van der Waals surface area (Å²) < 4.78 is 0. The highest BCUT2D eigenvalue weighted by Crippen LogP contribution is 2.09. The van der Waals surface area contributed by atoms with Gasteiger partial charge in [-0.15, -0.1) is 0 Å². The van der Waals surface area contributed by atoms with Gasteiger partial charge in [-0.3, -0.25) is 0 Å². The third-order valence-electron chi connectivity index (χ3n) is 3.02. The molecule has 1 nitrogen and oxygen atoms in total. The quantitative estimate of drug-likeness (QED) is 0.809. The highest BCUT2D eigenvalue weighted by molar-refractivity contribution is 7.80. The number of hydrogen-bond acceptors (Lipinski definition) is 2. The number of aliphatic hydroxyl groups is 1. The predicted molar refractivity (Wildman–Crippen MR) is 83.5 cm³/mol. The van der Waals surface area contributed by atoms with Crippen molar-refractivity contribution < 1.29 is 5.11 Å². The fraction of sp³-hybridized carbons (Fsp3) is 0.235. The molecule has 0 aromatic heterocycles. The molecule has 0 saturated heterocycles. The first-order chi connectivity index (χ1) is 9.24. The van der Waals surface area contributed by atoms with E-state index in [1.54, 1.807) is 0 Å². The molecule has 0 radical (unpaired) electrons. The molecule has 0 heterocycles. The van der Waals surface area contributed by atoms with Crippen LogP contribution in [0.5, 0.6) is 0 Å². The maximum Gasteiger partial charge on any atom is 0.0625 e. The zero-order chi connectivity index (χ0) is 13.5. The van der Waals surface area contributed by atoms with Gasteiger partial charge >= 0.3 is 0 Å². The molecule has 0 fully saturated rings. The Kier molecular flexibility index (Phi) is 5.25. The topological polar surface area (TPSA) is 20.2 Å². The summed E-state index contributed by atoms with van der Waals surface area (Å²) >= 11 is 5.37. The average Bonchev–Trinajstić information content (AvgIpc) is 2.40. The standard InChI is InChI=1S/C17H18OS/c18-16(11-14-7-3-1-4-8-14)13-17(19)12-15-9-5-2-6-10-15/h1-10,16,18H,11-13H2. The lowest BCUT2D eigenvalue weighted by molar-refractivity contribution is 0.183. The number of rotatable bonds is 6. The van der Waals surface area contributed by atoms with Crippen molar-refractivity contribution in [2.45, 2.75) is 25.4 Å². The monoisotopic (exact) mass is 270 g/mol. The van der Waals surface area contributed by atoms with Gasteiger partial charge in [0.2, 0.25) is 0 Å². The first-order valence-electron chi connectivity index (χ1n) is 6.51. The van der Waals surface area contributed by atoms with Crippen molar-refractivity contribution in [1.82, 2.24) is 0 Å². The van der Waals surface area contributed by atoms with Gasteiger partial charge in [0.1, 0.15) is 0 Å². The van der Waals surface area contributed by atoms with Crippen molar-refractivity contribution >= 4 is 17.1 Å². The smallest absolute Gasteiger partial charge is 0.0625 e. The first kappa shape index (κ1) is 13.9. The zero-order valence-corrected chi connectivity index (χ0v) is 11.6. The minimum absolute atomic E-state index is 0.390. The summed E-state index contributed by atoms with van der Waals surface area (Å²) in [6, 6.07) is 20.2. The van der Waals surface area contributed by atoms with Gasteiger partial charge in [0, 0.05) is 12.8 Å². The molecular weight excluding hydrogens is 252 g/mol. The second kappa shape index (κ2) is 7.17. The van der Waals surface area contributed by atoms with Gasteiger partial charge in [-0.25, -0.2) is 0 Å². The molecule has 0 aliphatic heterocycles. The number of hydrogen-bond donors (Lipinski definition) is 1. The van der Waals surface area contributed by atoms with Gasteiger partial charge in [-0.05, 0) is 22.4 Å². The largest absolute Gasteiger partial charge is 0.392 e. The first-order valence-corrected chi connectivity index (χ1v) is 6.92. The predicted octanol–water partition coefficient (Wildman–Crippen LogP) is 3.59. The molecule has 1 unspecified atom stereocenters. The molecule has 0 spiro atoms. The summed E-state index contributed by atoms with van der Waals surface area (Å²) in [5.41, 5.74) is 2.36. The van der Waals surface area contributed by atoms with Crippen LogP contribution in [0, 0.1) is 0 Å². The van der Waals surface area contributed by atoms with Gasteiger partial charge < -0.3 is 5.11 Å². The number of aliphatic hydroxyl groups excluding tert-OH is 1. The lowest BCUT2D eigenvalue weighted by atomic mass is 10.0. The Bertz CT molecular complexity index is 507. The van der Waals surface area contributed by atoms with Crippen molar-refractivity contribution in [3.05, 3.63) is 71.8 Å². The normalized spacial score (nSPS) is 12.1. The second-order valence-electron chi connectivity index (χ2n) is 4.75. The maximum absolute atomic E-state index is 10.1. The van der Waals surface area contributed by atoms with Crippen LogP contribution in [0.4, 0.5) is 0 Å². The summed E-state index contributed by atoms with van der Waals surface area (Å²) in [7, 11) is 0. The molecule has 0 bridgehead atoms. The van der Waals surface area contributed by atoms with E-state index in [0.29, 0.717) is 12.8 Å². The van der Waals surface area contributed by atoms with E-state index in [1.165, 1.54) is 5.56 Å². The molecule has 2 heteroatoms. The van der Waals surface area contributed by atoms with E-state index in [4.69, 9.17) is 12.2 Å². The second-order valence-corrected chi connectivity index (χ2v) is 5.33. The van der Waals surface area contributed by atoms with Crippen molar-refractivity contribution in [1.29, 1.82) is 0 Å². The number of benzene rings is 2. The minimum Gasteiger partial charge on any atom is -0.392 e. The summed E-state index contributed by atoms with van der Waals surface area (Å²) in [6.07, 6.45) is 1.62. The molecule has 2 aromatic carbocycles. The van der Waals surface area contributed by atoms with E-state index in [2.05, 4.69) is 12.1 Å². The highest BCUT2D eigenvalue weighted by atomic mass is 32.1. The van der Waals surface area contributed by atoms with E-state index in [-0.39, 0.29) is 0 Å². The van der Waals surface area contributed by atoms with Crippen molar-refractivity contribution in [3.8, 4) is 0 Å². The Morgan fingerprint density at radius 2 is 1.42 bits per heavy atom. The molecule has 0 aliphatic rings. The highest BCUT2D eigenvalue weighted by Gasteiger charge is 2.09. The third-order valence-corrected chi connectivity index (χ3v) is 3.33. The molecule has 2 rings (SSSR count). The van der Waals surface area contributed by atoms with Gasteiger partial charge in [-0.1, -0.05) is 72.9 Å². The average molecular weight is 270 g/mol. The Morgan fingerprint density at radius 1 is 0.895 bits per heavy atom. The zero-order valence-electron chi connectivity index (χ0n) is 10.8. The summed E-state index contributed by atoms with van der Waals surface area (Å²) in [6.45, 7) is 0. The fourth-order valence-corrected chi connectivity index (χ4v) is 2.48. The maximum atomic E-state index is 10.1. The Labute approximate surface area is 119 Å². The Hall–Kier alpha value is -1.51. The van der Waals surface area contributed by atoms with Gasteiger partial charge in [0.25, 0.3) is 0 Å². The van der Waals surface area contributed by atoms with Crippen LogP contribution in [0.2, 0.25) is 0 Å². The summed E-state index contributed by atoms with van der Waals surface area (Å²) in [4.78, 5) is 0.912. The molecule has 1 N–H and O–H groups in total. The fourth-order valence-electron chi connectivity index (χ4n) is 2.12. The molecular formula is C17H18OS. The van der Waals surface area contributed by atoms with Crippen LogP contribution in [0.15, 0.2) is 60.7 Å². The van der Waals surface area contributed by atoms with E-state index in [0.717, 1.165) is 16.8 Å². The Morgan fingerprint density at radius 3 is 2.00 bits per heavy atom. The van der Waals surface area contributed by atoms with E-state index < -0.39 is 6.10 Å². The lowest BCUT2D eigenvalue weighted by Crippen LogP contribution is -2.16. The summed E-state index contributed by atoms with van der Waals surface area (Å²) in [5, 5.41) is 10.1. The lowest BCUT2D eigenvalue weighted by Gasteiger charge is -2.11. The Balaban J connectivity index is 1.82.